The van der Waals surface area contributed by atoms with Gasteiger partial charge in [0.2, 0.25) is 0 Å². The highest BCUT2D eigenvalue weighted by molar-refractivity contribution is 5.91. The number of alkyl halides is 3. The molecule has 3 aromatic carbocycles. The van der Waals surface area contributed by atoms with Gasteiger partial charge in [-0.25, -0.2) is 14.6 Å². The first-order valence-corrected chi connectivity index (χ1v) is 10.7. The van der Waals surface area contributed by atoms with Crippen LogP contribution in [-0.2, 0) is 16.2 Å². The molecule has 0 bridgehead atoms. The highest BCUT2D eigenvalue weighted by Crippen LogP contribution is 2.28. The van der Waals surface area contributed by atoms with Crippen molar-refractivity contribution in [1.29, 1.82) is 0 Å². The zero-order chi connectivity index (χ0) is 26.4. The molecular formula is C25H19F3N4O5. The van der Waals surface area contributed by atoms with Gasteiger partial charge in [0.15, 0.2) is 0 Å². The molecule has 1 aromatic heterocycles. The number of anilines is 1. The minimum atomic E-state index is -5.30. The van der Waals surface area contributed by atoms with Crippen LogP contribution in [0.5, 0.6) is 17.2 Å². The number of ether oxygens (including phenoxy) is 2. The minimum absolute atomic E-state index is 0.0391. The van der Waals surface area contributed by atoms with E-state index in [1.807, 2.05) is 30.3 Å². The third kappa shape index (κ3) is 6.57. The zero-order valence-corrected chi connectivity index (χ0v) is 18.9. The summed E-state index contributed by atoms with van der Waals surface area (Å²) >= 11 is 0. The number of hydrogen-bond donors (Lipinski definition) is 2. The summed E-state index contributed by atoms with van der Waals surface area (Å²) in [5, 5.41) is 0.0391. The van der Waals surface area contributed by atoms with E-state index in [2.05, 4.69) is 14.8 Å². The van der Waals surface area contributed by atoms with E-state index in [9.17, 15) is 22.8 Å². The average molecular weight is 512 g/mol. The Morgan fingerprint density at radius 3 is 2.11 bits per heavy atom. The van der Waals surface area contributed by atoms with E-state index in [-0.39, 0.29) is 17.4 Å². The Morgan fingerprint density at radius 2 is 1.51 bits per heavy atom. The van der Waals surface area contributed by atoms with Gasteiger partial charge < -0.3 is 25.0 Å². The molecule has 0 atom stereocenters. The van der Waals surface area contributed by atoms with Crippen molar-refractivity contribution in [3.63, 3.8) is 0 Å². The second-order valence-corrected chi connectivity index (χ2v) is 7.46. The van der Waals surface area contributed by atoms with Crippen molar-refractivity contribution >= 4 is 17.7 Å². The Labute approximate surface area is 208 Å². The molecule has 0 unspecified atom stereocenters. The number of hydrogen-bond acceptors (Lipinski definition) is 6. The number of urea groups is 1. The number of amides is 2. The molecule has 0 saturated heterocycles. The Balaban J connectivity index is 1.37. The van der Waals surface area contributed by atoms with Crippen LogP contribution in [0, 0.1) is 0 Å². The molecular weight excluding hydrogens is 493 g/mol. The number of para-hydroxylation sites is 1. The lowest BCUT2D eigenvalue weighted by Crippen LogP contribution is -2.41. The number of aromatic amines is 1. The Kier molecular flexibility index (Phi) is 7.28. The van der Waals surface area contributed by atoms with Crippen molar-refractivity contribution in [1.82, 2.24) is 9.97 Å². The molecule has 0 fully saturated rings. The third-order valence-electron chi connectivity index (χ3n) is 4.81. The summed E-state index contributed by atoms with van der Waals surface area (Å²) in [5.74, 6) is -0.414. The van der Waals surface area contributed by atoms with Crippen LogP contribution in [0.25, 0.3) is 11.3 Å². The topological polar surface area (TPSA) is 120 Å². The highest BCUT2D eigenvalue weighted by Gasteiger charge is 2.43. The predicted octanol–water partition coefficient (Wildman–Crippen LogP) is 5.35. The Bertz CT molecular complexity index is 1360. The summed E-state index contributed by atoms with van der Waals surface area (Å²) in [4.78, 5) is 34.1. The van der Waals surface area contributed by atoms with Gasteiger partial charge in [0.25, 0.3) is 0 Å². The number of primary amides is 1. The van der Waals surface area contributed by atoms with Crippen LogP contribution in [0.1, 0.15) is 5.82 Å². The van der Waals surface area contributed by atoms with Crippen molar-refractivity contribution in [2.75, 3.05) is 5.06 Å². The van der Waals surface area contributed by atoms with Gasteiger partial charge in [0.05, 0.1) is 11.4 Å². The number of nitrogens with one attached hydrogen (secondary N) is 1. The van der Waals surface area contributed by atoms with Gasteiger partial charge in [-0.1, -0.05) is 18.2 Å². The molecule has 37 heavy (non-hydrogen) atoms. The number of halogens is 3. The Hall–Kier alpha value is -5.00. The lowest BCUT2D eigenvalue weighted by molar-refractivity contribution is -0.199. The van der Waals surface area contributed by atoms with Crippen LogP contribution in [0.15, 0.2) is 85.1 Å². The lowest BCUT2D eigenvalue weighted by Gasteiger charge is -2.19. The second kappa shape index (κ2) is 10.7. The summed E-state index contributed by atoms with van der Waals surface area (Å²) < 4.78 is 48.7. The maximum Gasteiger partial charge on any atom is 0.493 e. The third-order valence-corrected chi connectivity index (χ3v) is 4.81. The van der Waals surface area contributed by atoms with E-state index >= 15 is 0 Å². The van der Waals surface area contributed by atoms with Gasteiger partial charge in [-0.2, -0.15) is 13.2 Å². The number of rotatable bonds is 7. The van der Waals surface area contributed by atoms with E-state index in [0.717, 1.165) is 11.3 Å². The maximum atomic E-state index is 12.4. The molecule has 0 spiro atoms. The van der Waals surface area contributed by atoms with Gasteiger partial charge in [-0.15, -0.1) is 5.06 Å². The normalized spacial score (nSPS) is 11.0. The molecule has 0 aliphatic heterocycles. The van der Waals surface area contributed by atoms with Gasteiger partial charge in [-0.05, 0) is 60.7 Å². The first-order chi connectivity index (χ1) is 17.7. The van der Waals surface area contributed by atoms with Crippen molar-refractivity contribution in [2.45, 2.75) is 12.8 Å². The quantitative estimate of drug-likeness (QED) is 0.322. The van der Waals surface area contributed by atoms with Crippen molar-refractivity contribution < 1.29 is 37.1 Å². The van der Waals surface area contributed by atoms with Crippen LogP contribution in [0.2, 0.25) is 0 Å². The fourth-order valence-electron chi connectivity index (χ4n) is 3.09. The number of aromatic nitrogens is 2. The molecule has 12 heteroatoms. The number of carbonyl (C=O) groups excluding carboxylic acids is 2. The number of hydroxylamine groups is 1. The molecule has 3 N–H and O–H groups in total. The fourth-order valence-corrected chi connectivity index (χ4v) is 3.09. The SMILES string of the molecule is NC(=O)N(OC(=O)C(F)(F)F)c1ccc(Oc2ccc(-c3c[nH]c(COc4ccccc4)n3)cc2)cc1. The summed E-state index contributed by atoms with van der Waals surface area (Å²) in [5.41, 5.74) is 6.37. The highest BCUT2D eigenvalue weighted by atomic mass is 19.4. The molecule has 1 heterocycles. The van der Waals surface area contributed by atoms with Gasteiger partial charge >= 0.3 is 18.2 Å². The van der Waals surface area contributed by atoms with Crippen LogP contribution in [0.4, 0.5) is 23.7 Å². The number of imidazole rings is 1. The molecule has 190 valence electrons. The smallest absolute Gasteiger partial charge is 0.486 e. The number of benzene rings is 3. The van der Waals surface area contributed by atoms with Crippen molar-refractivity contribution in [3.05, 3.63) is 90.9 Å². The zero-order valence-electron chi connectivity index (χ0n) is 18.9. The summed E-state index contributed by atoms with van der Waals surface area (Å²) in [7, 11) is 0. The first-order valence-electron chi connectivity index (χ1n) is 10.7. The standard InChI is InChI=1S/C25H19F3N4O5/c26-25(27,28)23(33)37-32(24(29)34)17-8-12-20(13-9-17)36-19-10-6-16(7-11-19)21-14-30-22(31-21)15-35-18-4-2-1-3-5-18/h1-14H,15H2,(H2,29,34)(H,30,31). The molecule has 0 aliphatic carbocycles. The minimum Gasteiger partial charge on any atom is -0.486 e. The monoisotopic (exact) mass is 512 g/mol. The summed E-state index contributed by atoms with van der Waals surface area (Å²) in [6, 6.07) is 20.1. The molecule has 4 rings (SSSR count). The number of carbonyl (C=O) groups is 2. The van der Waals surface area contributed by atoms with Gasteiger partial charge in [0.1, 0.15) is 29.7 Å². The fraction of sp³-hybridized carbons (Fsp3) is 0.0800. The average Bonchev–Trinajstić information content (AvgIpc) is 3.36. The first kappa shape index (κ1) is 25.1. The van der Waals surface area contributed by atoms with Gasteiger partial charge in [-0.3, -0.25) is 0 Å². The summed E-state index contributed by atoms with van der Waals surface area (Å²) in [6.07, 6.45) is -3.54. The van der Waals surface area contributed by atoms with Gasteiger partial charge in [0, 0.05) is 11.8 Å². The largest absolute Gasteiger partial charge is 0.493 e. The van der Waals surface area contributed by atoms with Crippen LogP contribution >= 0.6 is 0 Å². The number of nitrogens with zero attached hydrogens (tertiary/aromatic N) is 2. The van der Waals surface area contributed by atoms with E-state index < -0.39 is 18.2 Å². The maximum absolute atomic E-state index is 12.4. The predicted molar refractivity (Wildman–Crippen MR) is 126 cm³/mol. The van der Waals surface area contributed by atoms with Crippen LogP contribution < -0.4 is 20.3 Å². The number of H-pyrrole nitrogens is 1. The van der Waals surface area contributed by atoms with Crippen LogP contribution in [-0.4, -0.2) is 28.1 Å². The lowest BCUT2D eigenvalue weighted by atomic mass is 10.1. The molecule has 9 nitrogen and oxygen atoms in total. The summed E-state index contributed by atoms with van der Waals surface area (Å²) in [6.45, 7) is 0.282. The van der Waals surface area contributed by atoms with E-state index in [0.29, 0.717) is 23.0 Å². The molecule has 0 saturated carbocycles. The number of nitrogens with two attached hydrogens (primary N) is 1. The van der Waals surface area contributed by atoms with Crippen LogP contribution in [0.3, 0.4) is 0 Å². The van der Waals surface area contributed by atoms with E-state index in [1.165, 1.54) is 24.3 Å². The molecule has 4 aromatic rings. The van der Waals surface area contributed by atoms with Crippen molar-refractivity contribution in [3.8, 4) is 28.5 Å². The van der Waals surface area contributed by atoms with E-state index in [1.54, 1.807) is 30.5 Å². The van der Waals surface area contributed by atoms with E-state index in [4.69, 9.17) is 15.2 Å². The Morgan fingerprint density at radius 1 is 0.892 bits per heavy atom. The molecule has 2 amide bonds. The molecule has 0 radical (unpaired) electrons. The molecule has 0 aliphatic rings. The van der Waals surface area contributed by atoms with Crippen molar-refractivity contribution in [2.24, 2.45) is 5.73 Å². The second-order valence-electron chi connectivity index (χ2n) is 7.46.